The highest BCUT2D eigenvalue weighted by Gasteiger charge is 2.08. The highest BCUT2D eigenvalue weighted by atomic mass is 32.2. The SMILES string of the molecule is NC(=O)CSc1ccccc1NC(=O)CCc1ccsc1. The number of anilines is 1. The maximum atomic E-state index is 12.0. The van der Waals surface area contributed by atoms with E-state index in [1.165, 1.54) is 17.3 Å². The predicted molar refractivity (Wildman–Crippen MR) is 87.6 cm³/mol. The number of aryl methyl sites for hydroxylation is 1. The van der Waals surface area contributed by atoms with E-state index in [4.69, 9.17) is 5.73 Å². The van der Waals surface area contributed by atoms with Gasteiger partial charge in [0, 0.05) is 11.3 Å². The molecule has 3 N–H and O–H groups in total. The Balaban J connectivity index is 1.92. The van der Waals surface area contributed by atoms with Gasteiger partial charge in [-0.05, 0) is 40.9 Å². The Kier molecular flexibility index (Phi) is 5.83. The maximum absolute atomic E-state index is 12.0. The normalized spacial score (nSPS) is 10.3. The fourth-order valence-electron chi connectivity index (χ4n) is 1.75. The Labute approximate surface area is 131 Å². The summed E-state index contributed by atoms with van der Waals surface area (Å²) in [7, 11) is 0. The molecule has 0 bridgehead atoms. The molecule has 1 heterocycles. The Morgan fingerprint density at radius 2 is 2.05 bits per heavy atom. The van der Waals surface area contributed by atoms with E-state index in [0.717, 1.165) is 17.0 Å². The first kappa shape index (κ1) is 15.6. The van der Waals surface area contributed by atoms with Crippen molar-refractivity contribution in [1.82, 2.24) is 0 Å². The van der Waals surface area contributed by atoms with Crippen molar-refractivity contribution in [3.05, 3.63) is 46.7 Å². The van der Waals surface area contributed by atoms with Gasteiger partial charge >= 0.3 is 0 Å². The lowest BCUT2D eigenvalue weighted by Gasteiger charge is -2.10. The molecule has 2 rings (SSSR count). The van der Waals surface area contributed by atoms with Crippen LogP contribution in [-0.2, 0) is 16.0 Å². The molecule has 0 aliphatic heterocycles. The van der Waals surface area contributed by atoms with Crippen LogP contribution in [0.15, 0.2) is 46.0 Å². The number of primary amides is 1. The van der Waals surface area contributed by atoms with E-state index in [1.54, 1.807) is 11.3 Å². The van der Waals surface area contributed by atoms with Crippen LogP contribution in [0.5, 0.6) is 0 Å². The average molecular weight is 320 g/mol. The van der Waals surface area contributed by atoms with Gasteiger partial charge in [-0.25, -0.2) is 0 Å². The molecule has 110 valence electrons. The minimum Gasteiger partial charge on any atom is -0.369 e. The number of hydrogen-bond acceptors (Lipinski definition) is 4. The van der Waals surface area contributed by atoms with Crippen LogP contribution in [0.25, 0.3) is 0 Å². The minimum absolute atomic E-state index is 0.0340. The lowest BCUT2D eigenvalue weighted by Crippen LogP contribution is -2.14. The summed E-state index contributed by atoms with van der Waals surface area (Å²) in [5.74, 6) is -0.214. The number of para-hydroxylation sites is 1. The minimum atomic E-state index is -0.376. The molecule has 1 aromatic carbocycles. The highest BCUT2D eigenvalue weighted by Crippen LogP contribution is 2.26. The van der Waals surface area contributed by atoms with Crippen molar-refractivity contribution >= 4 is 40.6 Å². The number of thioether (sulfide) groups is 1. The zero-order chi connectivity index (χ0) is 15.1. The first-order valence-corrected chi connectivity index (χ1v) is 8.39. The van der Waals surface area contributed by atoms with Crippen molar-refractivity contribution in [2.75, 3.05) is 11.1 Å². The van der Waals surface area contributed by atoms with Gasteiger partial charge < -0.3 is 11.1 Å². The van der Waals surface area contributed by atoms with E-state index in [2.05, 4.69) is 5.32 Å². The topological polar surface area (TPSA) is 72.2 Å². The molecule has 0 fully saturated rings. The molecule has 2 amide bonds. The quantitative estimate of drug-likeness (QED) is 0.771. The molecule has 0 radical (unpaired) electrons. The molecule has 0 saturated heterocycles. The average Bonchev–Trinajstić information content (AvgIpc) is 2.97. The molecule has 0 spiro atoms. The number of hydrogen-bond donors (Lipinski definition) is 2. The number of nitrogens with one attached hydrogen (secondary N) is 1. The second kappa shape index (κ2) is 7.85. The second-order valence-corrected chi connectivity index (χ2v) is 6.23. The van der Waals surface area contributed by atoms with Gasteiger partial charge in [-0.2, -0.15) is 11.3 Å². The summed E-state index contributed by atoms with van der Waals surface area (Å²) in [6, 6.07) is 9.43. The van der Waals surface area contributed by atoms with E-state index in [9.17, 15) is 9.59 Å². The Morgan fingerprint density at radius 1 is 1.24 bits per heavy atom. The largest absolute Gasteiger partial charge is 0.369 e. The molecule has 1 aromatic heterocycles. The third kappa shape index (κ3) is 5.24. The maximum Gasteiger partial charge on any atom is 0.227 e. The predicted octanol–water partition coefficient (Wildman–Crippen LogP) is 2.90. The summed E-state index contributed by atoms with van der Waals surface area (Å²) in [5.41, 5.74) is 7.04. The molecule has 21 heavy (non-hydrogen) atoms. The first-order chi connectivity index (χ1) is 10.1. The monoisotopic (exact) mass is 320 g/mol. The molecule has 0 aliphatic rings. The van der Waals surface area contributed by atoms with Crippen molar-refractivity contribution < 1.29 is 9.59 Å². The van der Waals surface area contributed by atoms with E-state index in [1.807, 2.05) is 41.1 Å². The van der Waals surface area contributed by atoms with Crippen molar-refractivity contribution in [1.29, 1.82) is 0 Å². The van der Waals surface area contributed by atoms with Crippen molar-refractivity contribution in [2.24, 2.45) is 5.73 Å². The fourth-order valence-corrected chi connectivity index (χ4v) is 3.20. The molecule has 0 unspecified atom stereocenters. The Hall–Kier alpha value is -1.79. The lowest BCUT2D eigenvalue weighted by molar-refractivity contribution is -0.116. The molecular weight excluding hydrogens is 304 g/mol. The summed E-state index contributed by atoms with van der Waals surface area (Å²) in [5, 5.41) is 6.94. The summed E-state index contributed by atoms with van der Waals surface area (Å²) in [6.07, 6.45) is 1.16. The summed E-state index contributed by atoms with van der Waals surface area (Å²) in [6.45, 7) is 0. The van der Waals surface area contributed by atoms with Crippen molar-refractivity contribution in [3.63, 3.8) is 0 Å². The number of nitrogens with two attached hydrogens (primary N) is 1. The first-order valence-electron chi connectivity index (χ1n) is 6.46. The van der Waals surface area contributed by atoms with Crippen molar-refractivity contribution in [2.45, 2.75) is 17.7 Å². The number of carbonyl (C=O) groups is 2. The summed E-state index contributed by atoms with van der Waals surface area (Å²) < 4.78 is 0. The second-order valence-electron chi connectivity index (χ2n) is 4.43. The number of amides is 2. The van der Waals surface area contributed by atoms with E-state index >= 15 is 0 Å². The van der Waals surface area contributed by atoms with E-state index in [0.29, 0.717) is 6.42 Å². The van der Waals surface area contributed by atoms with Gasteiger partial charge in [0.25, 0.3) is 0 Å². The van der Waals surface area contributed by atoms with Gasteiger partial charge in [0.15, 0.2) is 0 Å². The summed E-state index contributed by atoms with van der Waals surface area (Å²) >= 11 is 2.95. The van der Waals surface area contributed by atoms with Crippen LogP contribution in [0.2, 0.25) is 0 Å². The standard InChI is InChI=1S/C15H16N2O2S2/c16-14(18)10-21-13-4-2-1-3-12(13)17-15(19)6-5-11-7-8-20-9-11/h1-4,7-9H,5-6,10H2,(H2,16,18)(H,17,19). The summed E-state index contributed by atoms with van der Waals surface area (Å²) in [4.78, 5) is 23.7. The van der Waals surface area contributed by atoms with Crippen LogP contribution >= 0.6 is 23.1 Å². The molecule has 0 atom stereocenters. The number of carbonyl (C=O) groups excluding carboxylic acids is 2. The van der Waals surface area contributed by atoms with Crippen molar-refractivity contribution in [3.8, 4) is 0 Å². The molecule has 0 aliphatic carbocycles. The third-order valence-corrected chi connectivity index (χ3v) is 4.58. The zero-order valence-electron chi connectivity index (χ0n) is 11.4. The zero-order valence-corrected chi connectivity index (χ0v) is 13.0. The Morgan fingerprint density at radius 3 is 2.76 bits per heavy atom. The molecule has 6 heteroatoms. The third-order valence-electron chi connectivity index (χ3n) is 2.75. The number of benzene rings is 1. The lowest BCUT2D eigenvalue weighted by atomic mass is 10.2. The molecule has 2 aromatic rings. The van der Waals surface area contributed by atoms with Crippen LogP contribution < -0.4 is 11.1 Å². The van der Waals surface area contributed by atoms with Gasteiger partial charge in [0.1, 0.15) is 0 Å². The molecule has 4 nitrogen and oxygen atoms in total. The van der Waals surface area contributed by atoms with E-state index < -0.39 is 0 Å². The fraction of sp³-hybridized carbons (Fsp3) is 0.200. The Bertz CT molecular complexity index is 612. The van der Waals surface area contributed by atoms with Gasteiger partial charge in [0.2, 0.25) is 11.8 Å². The van der Waals surface area contributed by atoms with Crippen LogP contribution in [0, 0.1) is 0 Å². The van der Waals surface area contributed by atoms with Crippen LogP contribution in [0.3, 0.4) is 0 Å². The van der Waals surface area contributed by atoms with Crippen LogP contribution in [0.1, 0.15) is 12.0 Å². The molecule has 0 saturated carbocycles. The van der Waals surface area contributed by atoms with Gasteiger partial charge in [0.05, 0.1) is 11.4 Å². The van der Waals surface area contributed by atoms with Gasteiger partial charge in [-0.15, -0.1) is 11.8 Å². The van der Waals surface area contributed by atoms with E-state index in [-0.39, 0.29) is 17.6 Å². The van der Waals surface area contributed by atoms with Gasteiger partial charge in [-0.1, -0.05) is 12.1 Å². The van der Waals surface area contributed by atoms with Crippen LogP contribution in [0.4, 0.5) is 5.69 Å². The number of thiophene rings is 1. The number of rotatable bonds is 7. The van der Waals surface area contributed by atoms with Gasteiger partial charge in [-0.3, -0.25) is 9.59 Å². The smallest absolute Gasteiger partial charge is 0.227 e. The highest BCUT2D eigenvalue weighted by molar-refractivity contribution is 8.00. The van der Waals surface area contributed by atoms with Crippen LogP contribution in [-0.4, -0.2) is 17.6 Å². The molecular formula is C15H16N2O2S2.